The normalized spacial score (nSPS) is 15.0. The molecule has 2 aliphatic heterocycles. The van der Waals surface area contributed by atoms with E-state index in [2.05, 4.69) is 15.4 Å². The van der Waals surface area contributed by atoms with E-state index in [-0.39, 0.29) is 94.3 Å². The van der Waals surface area contributed by atoms with Crippen molar-refractivity contribution in [3.8, 4) is 22.4 Å². The molecule has 4 aromatic rings. The molecule has 4 amide bonds. The summed E-state index contributed by atoms with van der Waals surface area (Å²) in [6, 6.07) is 7.39. The summed E-state index contributed by atoms with van der Waals surface area (Å²) < 4.78 is 50.4. The first-order chi connectivity index (χ1) is 33.0. The Morgan fingerprint density at radius 3 is 2.17 bits per heavy atom. The summed E-state index contributed by atoms with van der Waals surface area (Å²) in [4.78, 5) is 77.8. The number of benzene rings is 2. The van der Waals surface area contributed by atoms with Gasteiger partial charge in [-0.25, -0.2) is 18.6 Å². The van der Waals surface area contributed by atoms with Crippen LogP contribution >= 0.6 is 11.6 Å². The van der Waals surface area contributed by atoms with Crippen LogP contribution in [0.3, 0.4) is 0 Å². The predicted molar refractivity (Wildman–Crippen MR) is 260 cm³/mol. The minimum absolute atomic E-state index is 0.0201. The molecule has 2 aromatic heterocycles. The Balaban J connectivity index is 1.02. The molecule has 0 bridgehead atoms. The molecule has 2 aliphatic rings. The summed E-state index contributed by atoms with van der Waals surface area (Å²) in [6.07, 6.45) is 3.66. The van der Waals surface area contributed by atoms with Crippen LogP contribution in [0.2, 0.25) is 5.02 Å². The number of halogens is 3. The lowest BCUT2D eigenvalue weighted by atomic mass is 9.97. The van der Waals surface area contributed by atoms with E-state index in [9.17, 15) is 24.0 Å². The van der Waals surface area contributed by atoms with Crippen molar-refractivity contribution in [2.45, 2.75) is 86.0 Å². The van der Waals surface area contributed by atoms with Crippen molar-refractivity contribution in [2.75, 3.05) is 77.9 Å². The van der Waals surface area contributed by atoms with Gasteiger partial charge in [-0.3, -0.25) is 28.8 Å². The van der Waals surface area contributed by atoms with E-state index in [1.165, 1.54) is 48.1 Å². The monoisotopic (exact) mass is 993 g/mol. The molecule has 2 fully saturated rings. The van der Waals surface area contributed by atoms with Crippen LogP contribution in [-0.4, -0.2) is 153 Å². The number of aryl methyl sites for hydroxylation is 1. The Kier molecular flexibility index (Phi) is 17.1. The first kappa shape index (κ1) is 53.4. The van der Waals surface area contributed by atoms with Crippen molar-refractivity contribution in [1.29, 1.82) is 0 Å². The number of hydrogen-bond acceptors (Lipinski definition) is 11. The lowest BCUT2D eigenvalue weighted by Crippen LogP contribution is -2.55. The van der Waals surface area contributed by atoms with Gasteiger partial charge in [0, 0.05) is 100 Å². The third kappa shape index (κ3) is 13.3. The van der Waals surface area contributed by atoms with Gasteiger partial charge in [-0.1, -0.05) is 24.6 Å². The summed E-state index contributed by atoms with van der Waals surface area (Å²) in [7, 11) is 3.08. The van der Waals surface area contributed by atoms with Crippen LogP contribution < -0.4 is 5.32 Å². The lowest BCUT2D eigenvalue weighted by molar-refractivity contribution is -0.156. The Labute approximate surface area is 413 Å². The first-order valence-electron chi connectivity index (χ1n) is 23.6. The molecule has 2 saturated heterocycles. The number of nitrogens with zero attached hydrogens (tertiary/aromatic N) is 8. The molecule has 1 unspecified atom stereocenters. The number of likely N-dealkylation sites (tertiary alicyclic amines) is 1. The van der Waals surface area contributed by atoms with Gasteiger partial charge in [0.05, 0.1) is 47.9 Å². The second-order valence-electron chi connectivity index (χ2n) is 19.9. The third-order valence-corrected chi connectivity index (χ3v) is 12.5. The van der Waals surface area contributed by atoms with Gasteiger partial charge in [-0.05, 0) is 92.1 Å². The lowest BCUT2D eigenvalue weighted by Gasteiger charge is -2.42. The zero-order valence-corrected chi connectivity index (χ0v) is 42.6. The fourth-order valence-electron chi connectivity index (χ4n) is 8.58. The smallest absolute Gasteiger partial charge is 0.410 e. The van der Waals surface area contributed by atoms with Gasteiger partial charge in [0.2, 0.25) is 5.91 Å². The molecule has 4 heterocycles. The van der Waals surface area contributed by atoms with Gasteiger partial charge in [0.25, 0.3) is 11.8 Å². The summed E-state index contributed by atoms with van der Waals surface area (Å²) in [5.41, 5.74) is 0.344. The van der Waals surface area contributed by atoms with E-state index in [1.54, 1.807) is 39.6 Å². The van der Waals surface area contributed by atoms with Gasteiger partial charge >= 0.3 is 12.1 Å². The summed E-state index contributed by atoms with van der Waals surface area (Å²) in [6.45, 7) is 18.8. The molecule has 0 radical (unpaired) electrons. The average Bonchev–Trinajstić information content (AvgIpc) is 3.84. The van der Waals surface area contributed by atoms with Gasteiger partial charge in [-0.15, -0.1) is 0 Å². The van der Waals surface area contributed by atoms with E-state index in [4.69, 9.17) is 25.8 Å². The highest BCUT2D eigenvalue weighted by molar-refractivity contribution is 6.34. The Bertz CT molecular complexity index is 2560. The number of aromatic nitrogens is 4. The molecule has 0 spiro atoms. The maximum absolute atomic E-state index is 15.7. The number of hydrogen-bond donors (Lipinski definition) is 1. The molecule has 380 valence electrons. The van der Waals surface area contributed by atoms with Gasteiger partial charge in [0.15, 0.2) is 17.5 Å². The number of rotatable bonds is 17. The number of ether oxygens (including phenoxy) is 3. The van der Waals surface area contributed by atoms with Crippen LogP contribution in [0.4, 0.5) is 19.3 Å². The third-order valence-electron chi connectivity index (χ3n) is 12.2. The molecule has 1 atom stereocenters. The van der Waals surface area contributed by atoms with Gasteiger partial charge < -0.3 is 38.8 Å². The number of carbonyl (C=O) groups excluding carboxylic acids is 5. The van der Waals surface area contributed by atoms with Crippen LogP contribution in [-0.2, 0) is 37.4 Å². The highest BCUT2D eigenvalue weighted by Crippen LogP contribution is 2.33. The van der Waals surface area contributed by atoms with Crippen LogP contribution in [0, 0.1) is 30.4 Å². The Morgan fingerprint density at radius 2 is 1.54 bits per heavy atom. The van der Waals surface area contributed by atoms with Crippen LogP contribution in [0.15, 0.2) is 42.7 Å². The molecule has 70 heavy (non-hydrogen) atoms. The van der Waals surface area contributed by atoms with Crippen LogP contribution in [0.25, 0.3) is 22.4 Å². The van der Waals surface area contributed by atoms with Crippen molar-refractivity contribution >= 4 is 47.1 Å². The molecular formula is C50H66ClF2N9O8. The summed E-state index contributed by atoms with van der Waals surface area (Å²) >= 11 is 6.63. The zero-order valence-electron chi connectivity index (χ0n) is 41.9. The Hall–Kier alpha value is -5.92. The second-order valence-corrected chi connectivity index (χ2v) is 20.3. The standard InChI is InChI=1S/C50H66ClF2N9O8/c1-11-33(16-17-58(30-41(63)69-49(3,4)5)26-32-27-61(28-32)48(67)70-50(6,7)8)46(65)59-18-20-60(21-19-59)47(66)36-13-12-34(24-39(36)51)55-45(64)44-54-25-40(57(44)9)37-15-14-35(42(52)43(37)53)38-29-62(22-23-68-10)56-31(38)2/h12-15,24-25,29,32-33H,11,16-23,26-28,30H2,1-10H3,(H,55,64). The van der Waals surface area contributed by atoms with E-state index >= 15 is 8.78 Å². The zero-order chi connectivity index (χ0) is 51.2. The minimum atomic E-state index is -1.10. The van der Waals surface area contributed by atoms with E-state index in [0.29, 0.717) is 76.5 Å². The average molecular weight is 995 g/mol. The quantitative estimate of drug-likeness (QED) is 0.105. The highest BCUT2D eigenvalue weighted by atomic mass is 35.5. The van der Waals surface area contributed by atoms with E-state index in [1.807, 2.05) is 53.4 Å². The largest absolute Gasteiger partial charge is 0.459 e. The number of carbonyl (C=O) groups is 5. The highest BCUT2D eigenvalue weighted by Gasteiger charge is 2.36. The molecule has 0 aliphatic carbocycles. The van der Waals surface area contributed by atoms with Crippen LogP contribution in [0.5, 0.6) is 0 Å². The van der Waals surface area contributed by atoms with Crippen molar-refractivity contribution in [1.82, 2.24) is 38.9 Å². The molecule has 2 aromatic carbocycles. The fourth-order valence-corrected chi connectivity index (χ4v) is 8.84. The topological polar surface area (TPSA) is 174 Å². The van der Waals surface area contributed by atoms with E-state index in [0.717, 1.165) is 0 Å². The molecular weight excluding hydrogens is 928 g/mol. The predicted octanol–water partition coefficient (Wildman–Crippen LogP) is 7.30. The number of imidazole rings is 1. The number of methoxy groups -OCH3 is 1. The van der Waals surface area contributed by atoms with Crippen molar-refractivity contribution < 1.29 is 47.0 Å². The number of amides is 4. The van der Waals surface area contributed by atoms with Gasteiger partial charge in [0.1, 0.15) is 11.2 Å². The number of anilines is 1. The van der Waals surface area contributed by atoms with Crippen molar-refractivity contribution in [3.05, 3.63) is 76.5 Å². The number of esters is 1. The van der Waals surface area contributed by atoms with Crippen LogP contribution in [0.1, 0.15) is 88.0 Å². The molecule has 0 saturated carbocycles. The SMILES string of the molecule is CCC(CCN(CC(=O)OC(C)(C)C)CC1CN(C(=O)OC(C)(C)C)C1)C(=O)N1CCN(C(=O)c2ccc(NC(=O)c3ncc(-c4ccc(-c5cn(CCOC)nc5C)c(F)c4F)n3C)cc2Cl)CC1. The first-order valence-corrected chi connectivity index (χ1v) is 24.0. The summed E-state index contributed by atoms with van der Waals surface area (Å²) in [5.74, 6) is -3.78. The van der Waals surface area contributed by atoms with E-state index < -0.39 is 28.7 Å². The fraction of sp³-hybridized carbons (Fsp3) is 0.540. The second kappa shape index (κ2) is 22.4. The molecule has 20 heteroatoms. The Morgan fingerprint density at radius 1 is 0.900 bits per heavy atom. The number of piperazine rings is 1. The maximum Gasteiger partial charge on any atom is 0.410 e. The molecule has 1 N–H and O–H groups in total. The summed E-state index contributed by atoms with van der Waals surface area (Å²) in [5, 5.41) is 7.19. The number of nitrogens with one attached hydrogen (secondary N) is 1. The maximum atomic E-state index is 15.7. The minimum Gasteiger partial charge on any atom is -0.459 e. The van der Waals surface area contributed by atoms with Gasteiger partial charge in [-0.2, -0.15) is 5.10 Å². The van der Waals surface area contributed by atoms with Crippen molar-refractivity contribution in [2.24, 2.45) is 18.9 Å². The molecule has 17 nitrogen and oxygen atoms in total. The van der Waals surface area contributed by atoms with Crippen molar-refractivity contribution in [3.63, 3.8) is 0 Å². The molecule has 6 rings (SSSR count).